The molecule has 1 aliphatic heterocycles. The molecule has 1 aliphatic rings. The Morgan fingerprint density at radius 1 is 1.24 bits per heavy atom. The van der Waals surface area contributed by atoms with Gasteiger partial charge in [0, 0.05) is 12.2 Å². The number of halogens is 5. The number of ether oxygens (including phenoxy) is 3. The lowest BCUT2D eigenvalue weighted by Gasteiger charge is -2.37. The Hall–Kier alpha value is -3.07. The van der Waals surface area contributed by atoms with Crippen LogP contribution >= 0.6 is 11.6 Å². The van der Waals surface area contributed by atoms with Crippen LogP contribution in [0.15, 0.2) is 22.6 Å². The maximum Gasteiger partial charge on any atom is 0.414 e. The van der Waals surface area contributed by atoms with E-state index in [0.717, 1.165) is 6.07 Å². The summed E-state index contributed by atoms with van der Waals surface area (Å²) >= 11 is 5.64. The normalized spacial score (nSPS) is 16.7. The molecule has 1 aromatic heterocycles. The van der Waals surface area contributed by atoms with Gasteiger partial charge in [-0.3, -0.25) is 9.69 Å². The molecule has 1 unspecified atom stereocenters. The highest BCUT2D eigenvalue weighted by Crippen LogP contribution is 2.32. The number of nitrogens with one attached hydrogen (secondary N) is 1. The monoisotopic (exact) mass is 581 g/mol. The molecular formula is C22H26ClF4N4O6Si. The third kappa shape index (κ3) is 9.04. The summed E-state index contributed by atoms with van der Waals surface area (Å²) < 4.78 is 71.7. The van der Waals surface area contributed by atoms with Gasteiger partial charge in [-0.2, -0.15) is 13.2 Å². The molecule has 0 aliphatic carbocycles. The predicted octanol–water partition coefficient (Wildman–Crippen LogP) is 4.60. The van der Waals surface area contributed by atoms with E-state index in [1.165, 1.54) is 17.0 Å². The van der Waals surface area contributed by atoms with E-state index < -0.39 is 63.7 Å². The molecule has 2 aromatic rings. The first-order valence-corrected chi connectivity index (χ1v) is 13.7. The molecule has 2 heterocycles. The number of amides is 2. The van der Waals surface area contributed by atoms with Crippen molar-refractivity contribution in [2.24, 2.45) is 0 Å². The Morgan fingerprint density at radius 2 is 1.97 bits per heavy atom. The van der Waals surface area contributed by atoms with Gasteiger partial charge in [0.2, 0.25) is 11.8 Å². The van der Waals surface area contributed by atoms with E-state index in [1.807, 2.05) is 0 Å². The summed E-state index contributed by atoms with van der Waals surface area (Å²) in [5.41, 5.74) is -0.822. The van der Waals surface area contributed by atoms with Crippen LogP contribution in [0.25, 0.3) is 0 Å². The summed E-state index contributed by atoms with van der Waals surface area (Å²) in [6, 6.07) is 3.54. The van der Waals surface area contributed by atoms with Gasteiger partial charge in [-0.05, 0) is 45.4 Å². The Bertz CT molecular complexity index is 1130. The number of hydrogen-bond donors (Lipinski definition) is 1. The van der Waals surface area contributed by atoms with Gasteiger partial charge in [0.05, 0.1) is 11.4 Å². The molecule has 0 saturated carbocycles. The van der Waals surface area contributed by atoms with Crippen LogP contribution in [0, 0.1) is 5.82 Å². The smallest absolute Gasteiger partial charge is 0.414 e. The molecule has 2 amide bonds. The Kier molecular flexibility index (Phi) is 9.46. The number of hydrogen-bond acceptors (Lipinski definition) is 8. The van der Waals surface area contributed by atoms with E-state index in [0.29, 0.717) is 12.5 Å². The van der Waals surface area contributed by atoms with Gasteiger partial charge in [0.1, 0.15) is 29.8 Å². The highest BCUT2D eigenvalue weighted by molar-refractivity contribution is 6.59. The van der Waals surface area contributed by atoms with E-state index in [4.69, 9.17) is 30.2 Å². The molecule has 0 spiro atoms. The third-order valence-electron chi connectivity index (χ3n) is 4.98. The van der Waals surface area contributed by atoms with Crippen LogP contribution in [-0.4, -0.2) is 67.2 Å². The quantitative estimate of drug-likeness (QED) is 0.355. The van der Waals surface area contributed by atoms with Crippen LogP contribution < -0.4 is 14.5 Å². The van der Waals surface area contributed by atoms with Crippen LogP contribution in [0.4, 0.5) is 22.4 Å². The van der Waals surface area contributed by atoms with Gasteiger partial charge >= 0.3 is 18.3 Å². The average Bonchev–Trinajstić information content (AvgIpc) is 3.26. The Labute approximate surface area is 222 Å². The van der Waals surface area contributed by atoms with Crippen molar-refractivity contribution in [3.05, 3.63) is 34.9 Å². The first-order valence-electron chi connectivity index (χ1n) is 11.4. The van der Waals surface area contributed by atoms with Gasteiger partial charge in [0.15, 0.2) is 15.6 Å². The van der Waals surface area contributed by atoms with Crippen LogP contribution in [0.2, 0.25) is 11.1 Å². The minimum atomic E-state index is -4.40. The van der Waals surface area contributed by atoms with E-state index in [1.54, 1.807) is 20.8 Å². The second-order valence-electron chi connectivity index (χ2n) is 9.30. The van der Waals surface area contributed by atoms with Crippen LogP contribution in [-0.2, 0) is 9.53 Å². The largest absolute Gasteiger partial charge is 0.484 e. The molecule has 1 saturated heterocycles. The second kappa shape index (κ2) is 12.2. The van der Waals surface area contributed by atoms with E-state index in [-0.39, 0.29) is 29.4 Å². The van der Waals surface area contributed by atoms with E-state index in [2.05, 4.69) is 15.2 Å². The van der Waals surface area contributed by atoms with Crippen molar-refractivity contribution >= 4 is 32.6 Å². The molecule has 1 radical (unpaired) electrons. The summed E-state index contributed by atoms with van der Waals surface area (Å²) in [5, 5.41) is 7.37. The lowest BCUT2D eigenvalue weighted by molar-refractivity contribution is -0.140. The number of nitrogens with zero attached hydrogens (tertiary/aromatic N) is 3. The molecule has 3 rings (SSSR count). The van der Waals surface area contributed by atoms with E-state index in [9.17, 15) is 27.2 Å². The SMILES string of the molecule is CC(C)(C)OC(=O)N1C[Si](NC(=O)COc2ccc(Cl)c(F)c2)CCC1c1nnc(OCCC(F)(F)F)o1. The van der Waals surface area contributed by atoms with Crippen molar-refractivity contribution in [2.75, 3.05) is 19.4 Å². The zero-order valence-corrected chi connectivity index (χ0v) is 22.5. The topological polar surface area (TPSA) is 116 Å². The summed E-state index contributed by atoms with van der Waals surface area (Å²) in [7, 11) is -1.67. The first-order chi connectivity index (χ1) is 17.7. The predicted molar refractivity (Wildman–Crippen MR) is 126 cm³/mol. The Morgan fingerprint density at radius 3 is 2.63 bits per heavy atom. The van der Waals surface area contributed by atoms with Crippen LogP contribution in [0.5, 0.6) is 11.8 Å². The molecule has 16 heteroatoms. The molecule has 10 nitrogen and oxygen atoms in total. The molecule has 209 valence electrons. The van der Waals surface area contributed by atoms with Crippen molar-refractivity contribution in [3.63, 3.8) is 0 Å². The lowest BCUT2D eigenvalue weighted by atomic mass is 10.2. The minimum absolute atomic E-state index is 0.0293. The molecule has 1 atom stereocenters. The standard InChI is InChI=1S/C22H26ClF4N4O6Si/c1-21(2,3)37-20(33)31-12-38(30-17(32)11-35-13-4-5-14(23)15(24)10-13)9-6-16(31)18-28-29-19(36-18)34-8-7-22(25,26)27/h4-5,10,16H,6-9,11-12H2,1-3H3,(H,30,32). The molecule has 1 fully saturated rings. The highest BCUT2D eigenvalue weighted by atomic mass is 35.5. The number of carbonyl (C=O) groups is 2. The van der Waals surface area contributed by atoms with Gasteiger partial charge in [0.25, 0.3) is 0 Å². The van der Waals surface area contributed by atoms with Crippen LogP contribution in [0.1, 0.15) is 45.5 Å². The number of benzene rings is 1. The maximum absolute atomic E-state index is 13.6. The van der Waals surface area contributed by atoms with Gasteiger partial charge in [-0.25, -0.2) is 9.18 Å². The maximum atomic E-state index is 13.6. The van der Waals surface area contributed by atoms with E-state index >= 15 is 0 Å². The minimum Gasteiger partial charge on any atom is -0.484 e. The summed E-state index contributed by atoms with van der Waals surface area (Å²) in [6.45, 7) is 3.98. The highest BCUT2D eigenvalue weighted by Gasteiger charge is 2.40. The van der Waals surface area contributed by atoms with Crippen molar-refractivity contribution < 1.29 is 45.8 Å². The second-order valence-corrected chi connectivity index (χ2v) is 12.0. The number of alkyl halides is 3. The third-order valence-corrected chi connectivity index (χ3v) is 7.53. The lowest BCUT2D eigenvalue weighted by Crippen LogP contribution is -2.55. The fourth-order valence-electron chi connectivity index (χ4n) is 3.35. The fraction of sp³-hybridized carbons (Fsp3) is 0.545. The van der Waals surface area contributed by atoms with Gasteiger partial charge in [-0.15, -0.1) is 5.10 Å². The van der Waals surface area contributed by atoms with Crippen LogP contribution in [0.3, 0.4) is 0 Å². The molecule has 1 aromatic carbocycles. The zero-order chi connectivity index (χ0) is 28.1. The first kappa shape index (κ1) is 29.5. The molecule has 38 heavy (non-hydrogen) atoms. The van der Waals surface area contributed by atoms with Crippen molar-refractivity contribution in [1.29, 1.82) is 0 Å². The van der Waals surface area contributed by atoms with Crippen molar-refractivity contribution in [2.45, 2.75) is 57.5 Å². The summed E-state index contributed by atoms with van der Waals surface area (Å²) in [5.74, 6) is -1.05. The van der Waals surface area contributed by atoms with Gasteiger partial charge in [-0.1, -0.05) is 16.7 Å². The molecule has 0 bridgehead atoms. The molecule has 1 N–H and O–H groups in total. The summed E-state index contributed by atoms with van der Waals surface area (Å²) in [6.07, 6.45) is -6.32. The fourth-order valence-corrected chi connectivity index (χ4v) is 5.68. The van der Waals surface area contributed by atoms with Gasteiger partial charge < -0.3 is 23.6 Å². The van der Waals surface area contributed by atoms with Crippen molar-refractivity contribution in [3.8, 4) is 11.8 Å². The van der Waals surface area contributed by atoms with Crippen molar-refractivity contribution in [1.82, 2.24) is 20.1 Å². The number of aromatic nitrogens is 2. The average molecular weight is 582 g/mol. The number of rotatable bonds is 8. The Balaban J connectivity index is 1.63. The number of carbonyl (C=O) groups excluding carboxylic acids is 2. The summed E-state index contributed by atoms with van der Waals surface area (Å²) in [4.78, 5) is 29.6. The zero-order valence-electron chi connectivity index (χ0n) is 20.7. The molecular weight excluding hydrogens is 556 g/mol.